The first-order valence-electron chi connectivity index (χ1n) is 15.6. The Labute approximate surface area is 234 Å². The topological polar surface area (TPSA) is 34.2 Å². The molecule has 1 aliphatic rings. The van der Waals surface area contributed by atoms with Crippen molar-refractivity contribution in [1.29, 1.82) is 0 Å². The molecule has 0 aromatic heterocycles. The van der Waals surface area contributed by atoms with E-state index in [4.69, 9.17) is 14.2 Å². The van der Waals surface area contributed by atoms with E-state index in [1.807, 2.05) is 14.0 Å². The summed E-state index contributed by atoms with van der Waals surface area (Å²) in [5.41, 5.74) is 2.51. The van der Waals surface area contributed by atoms with Gasteiger partial charge in [0.25, 0.3) is 0 Å². The molecular weight excluding hydrogens is 472 g/mol. The van der Waals surface area contributed by atoms with Gasteiger partial charge in [-0.25, -0.2) is 0 Å². The molecule has 1 unspecified atom stereocenters. The van der Waals surface area contributed by atoms with Gasteiger partial charge in [0.1, 0.15) is 12.8 Å². The van der Waals surface area contributed by atoms with Crippen molar-refractivity contribution in [3.63, 3.8) is 0 Å². The molecule has 38 heavy (non-hydrogen) atoms. The molecule has 1 radical (unpaired) electrons. The summed E-state index contributed by atoms with van der Waals surface area (Å²) in [6.45, 7) is 10.5. The summed E-state index contributed by atoms with van der Waals surface area (Å²) in [5.74, 6) is 0. The summed E-state index contributed by atoms with van der Waals surface area (Å²) >= 11 is 0. The van der Waals surface area contributed by atoms with Crippen LogP contribution in [0.25, 0.3) is 0 Å². The Bertz CT molecular complexity index is 711. The number of hydrogen-bond acceptors (Lipinski definition) is 5. The molecule has 1 aliphatic heterocycles. The average molecular weight is 530 g/mol. The first-order valence-corrected chi connectivity index (χ1v) is 15.6. The van der Waals surface area contributed by atoms with Gasteiger partial charge in [-0.05, 0) is 24.5 Å². The molecule has 0 aliphatic carbocycles. The van der Waals surface area contributed by atoms with E-state index in [0.29, 0.717) is 26.4 Å². The highest BCUT2D eigenvalue weighted by atomic mass is 16.6. The molecule has 1 aromatic carbocycles. The molecule has 0 amide bonds. The van der Waals surface area contributed by atoms with Gasteiger partial charge in [0.2, 0.25) is 0 Å². The largest absolute Gasteiger partial charge is 0.379 e. The molecule has 2 rings (SSSR count). The highest BCUT2D eigenvalue weighted by Gasteiger charge is 2.13. The summed E-state index contributed by atoms with van der Waals surface area (Å²) in [5, 5.41) is 0. The standard InChI is InChI=1S/C33H57N2O3/c1-4-6-7-8-9-10-11-12-13-14-15-16-17-20-25-36-28-33(38-5-2)29-37-27-32-22-19-18-21-31(32)26-35-24-23-34(3)30-35/h18-19,21-24,30,33H,4-17,20,25-29H2,1-3H3. The fraction of sp³-hybridized carbons (Fsp3) is 0.727. The maximum absolute atomic E-state index is 6.08. The lowest BCUT2D eigenvalue weighted by Gasteiger charge is -2.20. The molecule has 0 spiro atoms. The number of benzene rings is 1. The van der Waals surface area contributed by atoms with Crippen LogP contribution in [-0.2, 0) is 27.4 Å². The van der Waals surface area contributed by atoms with Gasteiger partial charge in [0.05, 0.1) is 19.8 Å². The van der Waals surface area contributed by atoms with Crippen LogP contribution in [0.3, 0.4) is 0 Å². The van der Waals surface area contributed by atoms with Crippen molar-refractivity contribution in [2.75, 3.05) is 33.5 Å². The first-order chi connectivity index (χ1) is 18.7. The summed E-state index contributed by atoms with van der Waals surface area (Å²) in [6, 6.07) is 8.51. The Kier molecular flexibility index (Phi) is 19.1. The van der Waals surface area contributed by atoms with E-state index in [2.05, 4.69) is 60.1 Å². The van der Waals surface area contributed by atoms with Gasteiger partial charge in [-0.1, -0.05) is 115 Å². The fourth-order valence-electron chi connectivity index (χ4n) is 4.94. The molecular formula is C33H57N2O3. The minimum Gasteiger partial charge on any atom is -0.379 e. The number of rotatable bonds is 25. The van der Waals surface area contributed by atoms with E-state index in [-0.39, 0.29) is 6.10 Å². The molecule has 5 heteroatoms. The Morgan fingerprint density at radius 1 is 0.684 bits per heavy atom. The average Bonchev–Trinajstić information content (AvgIpc) is 3.33. The molecule has 217 valence electrons. The predicted molar refractivity (Wildman–Crippen MR) is 159 cm³/mol. The quantitative estimate of drug-likeness (QED) is 0.119. The van der Waals surface area contributed by atoms with Crippen molar-refractivity contribution in [3.8, 4) is 0 Å². The zero-order valence-electron chi connectivity index (χ0n) is 24.9. The van der Waals surface area contributed by atoms with Crippen molar-refractivity contribution >= 4 is 0 Å². The van der Waals surface area contributed by atoms with E-state index in [1.165, 1.54) is 94.6 Å². The summed E-state index contributed by atoms with van der Waals surface area (Å²) < 4.78 is 17.9. The van der Waals surface area contributed by atoms with E-state index in [9.17, 15) is 0 Å². The molecule has 5 nitrogen and oxygen atoms in total. The van der Waals surface area contributed by atoms with Gasteiger partial charge in [-0.15, -0.1) is 0 Å². The second kappa shape index (κ2) is 22.3. The number of hydrogen-bond donors (Lipinski definition) is 0. The smallest absolute Gasteiger partial charge is 0.141 e. The Morgan fingerprint density at radius 3 is 1.84 bits per heavy atom. The van der Waals surface area contributed by atoms with Crippen LogP contribution in [0.1, 0.15) is 115 Å². The fourth-order valence-corrected chi connectivity index (χ4v) is 4.94. The highest BCUT2D eigenvalue weighted by Crippen LogP contribution is 2.18. The zero-order chi connectivity index (χ0) is 27.1. The van der Waals surface area contributed by atoms with E-state index >= 15 is 0 Å². The monoisotopic (exact) mass is 529 g/mol. The summed E-state index contributed by atoms with van der Waals surface area (Å²) in [4.78, 5) is 4.25. The molecule has 1 heterocycles. The van der Waals surface area contributed by atoms with Gasteiger partial charge < -0.3 is 24.0 Å². The summed E-state index contributed by atoms with van der Waals surface area (Å²) in [6.07, 6.45) is 23.4. The normalized spacial score (nSPS) is 14.1. The van der Waals surface area contributed by atoms with Crippen molar-refractivity contribution in [3.05, 3.63) is 54.5 Å². The van der Waals surface area contributed by atoms with Crippen LogP contribution in [0.2, 0.25) is 0 Å². The van der Waals surface area contributed by atoms with Crippen LogP contribution in [0.5, 0.6) is 0 Å². The lowest BCUT2D eigenvalue weighted by atomic mass is 10.0. The molecule has 0 saturated carbocycles. The molecule has 1 aromatic rings. The van der Waals surface area contributed by atoms with Crippen molar-refractivity contribution < 1.29 is 14.2 Å². The van der Waals surface area contributed by atoms with Crippen molar-refractivity contribution in [1.82, 2.24) is 9.80 Å². The van der Waals surface area contributed by atoms with Crippen LogP contribution in [0.15, 0.2) is 36.7 Å². The van der Waals surface area contributed by atoms with Crippen LogP contribution in [0, 0.1) is 6.67 Å². The molecule has 0 fully saturated rings. The lowest BCUT2D eigenvalue weighted by Crippen LogP contribution is -2.26. The van der Waals surface area contributed by atoms with Gasteiger partial charge in [-0.3, -0.25) is 0 Å². The maximum Gasteiger partial charge on any atom is 0.141 e. The Balaban J connectivity index is 1.46. The molecule has 0 saturated heterocycles. The Hall–Kier alpha value is -1.56. The SMILES string of the molecule is CCCCCCCCCCCCCCCCOCC(COCc1ccccc1CN1[CH]N(C)C=C1)OCC. The molecule has 1 atom stereocenters. The number of nitrogens with zero attached hydrogens (tertiary/aromatic N) is 2. The zero-order valence-corrected chi connectivity index (χ0v) is 24.9. The number of unbranched alkanes of at least 4 members (excludes halogenated alkanes) is 13. The third-order valence-electron chi connectivity index (χ3n) is 7.20. The van der Waals surface area contributed by atoms with E-state index in [0.717, 1.165) is 19.6 Å². The second-order valence-electron chi connectivity index (χ2n) is 10.8. The predicted octanol–water partition coefficient (Wildman–Crippen LogP) is 8.44. The van der Waals surface area contributed by atoms with Crippen LogP contribution in [0.4, 0.5) is 0 Å². The van der Waals surface area contributed by atoms with Gasteiger partial charge >= 0.3 is 0 Å². The van der Waals surface area contributed by atoms with Crippen molar-refractivity contribution in [2.45, 2.75) is 123 Å². The first kappa shape index (κ1) is 32.7. The van der Waals surface area contributed by atoms with Crippen LogP contribution >= 0.6 is 0 Å². The minimum atomic E-state index is -0.0118. The van der Waals surface area contributed by atoms with E-state index in [1.54, 1.807) is 0 Å². The maximum atomic E-state index is 6.08. The minimum absolute atomic E-state index is 0.0118. The Morgan fingerprint density at radius 2 is 1.26 bits per heavy atom. The third-order valence-corrected chi connectivity index (χ3v) is 7.20. The number of ether oxygens (including phenoxy) is 3. The van der Waals surface area contributed by atoms with Gasteiger partial charge in [0.15, 0.2) is 0 Å². The van der Waals surface area contributed by atoms with Crippen molar-refractivity contribution in [2.24, 2.45) is 0 Å². The third kappa shape index (κ3) is 15.8. The van der Waals surface area contributed by atoms with Gasteiger partial charge in [-0.2, -0.15) is 0 Å². The molecule has 0 N–H and O–H groups in total. The van der Waals surface area contributed by atoms with Crippen LogP contribution in [-0.4, -0.2) is 49.4 Å². The van der Waals surface area contributed by atoms with Gasteiger partial charge in [0, 0.05) is 39.2 Å². The molecule has 0 bridgehead atoms. The van der Waals surface area contributed by atoms with E-state index < -0.39 is 0 Å². The van der Waals surface area contributed by atoms with Crippen LogP contribution < -0.4 is 0 Å². The lowest BCUT2D eigenvalue weighted by molar-refractivity contribution is -0.0602. The highest BCUT2D eigenvalue weighted by molar-refractivity contribution is 5.27. The second-order valence-corrected chi connectivity index (χ2v) is 10.8. The summed E-state index contributed by atoms with van der Waals surface area (Å²) in [7, 11) is 2.04.